The van der Waals surface area contributed by atoms with Crippen LogP contribution in [-0.4, -0.2) is 11.9 Å². The first-order chi connectivity index (χ1) is 14.9. The number of anilines is 1. The third kappa shape index (κ3) is 3.56. The minimum Gasteiger partial charge on any atom is -0.378 e. The highest BCUT2D eigenvalue weighted by molar-refractivity contribution is 5.95. The van der Waals surface area contributed by atoms with Crippen molar-refractivity contribution in [2.24, 2.45) is 29.6 Å². The average molecular weight is 417 g/mol. The van der Waals surface area contributed by atoms with Gasteiger partial charge >= 0.3 is 0 Å². The second-order valence-electron chi connectivity index (χ2n) is 10.8. The molecule has 5 atom stereocenters. The molecule has 0 saturated heterocycles. The lowest BCUT2D eigenvalue weighted by molar-refractivity contribution is 0.0910. The lowest BCUT2D eigenvalue weighted by Gasteiger charge is -2.43. The van der Waals surface area contributed by atoms with E-state index in [2.05, 4.69) is 80.8 Å². The van der Waals surface area contributed by atoms with E-state index in [1.165, 1.54) is 36.1 Å². The third-order valence-corrected chi connectivity index (χ3v) is 8.24. The maximum atomic E-state index is 13.2. The zero-order chi connectivity index (χ0) is 21.7. The summed E-state index contributed by atoms with van der Waals surface area (Å²) in [6.07, 6.45) is 4.04. The normalized spacial score (nSPS) is 28.5. The highest BCUT2D eigenvalue weighted by atomic mass is 16.1. The maximum absolute atomic E-state index is 13.2. The van der Waals surface area contributed by atoms with Gasteiger partial charge in [0.15, 0.2) is 0 Å². The minimum absolute atomic E-state index is 0.0695. The summed E-state index contributed by atoms with van der Waals surface area (Å²) in [5.41, 5.74) is 4.81. The van der Waals surface area contributed by atoms with E-state index in [1.807, 2.05) is 6.07 Å². The van der Waals surface area contributed by atoms with Crippen molar-refractivity contribution in [3.63, 3.8) is 0 Å². The molecule has 3 heteroatoms. The van der Waals surface area contributed by atoms with E-state index in [-0.39, 0.29) is 11.9 Å². The summed E-state index contributed by atoms with van der Waals surface area (Å²) in [6.45, 7) is 8.74. The van der Waals surface area contributed by atoms with Crippen LogP contribution in [0, 0.1) is 29.6 Å². The van der Waals surface area contributed by atoms with Crippen LogP contribution in [0.25, 0.3) is 0 Å². The van der Waals surface area contributed by atoms with E-state index < -0.39 is 0 Å². The Balaban J connectivity index is 1.48. The van der Waals surface area contributed by atoms with Gasteiger partial charge in [-0.05, 0) is 84.1 Å². The van der Waals surface area contributed by atoms with Crippen molar-refractivity contribution < 1.29 is 4.79 Å². The molecule has 0 spiro atoms. The predicted octanol–water partition coefficient (Wildman–Crippen LogP) is 6.39. The zero-order valence-corrected chi connectivity index (χ0v) is 19.3. The summed E-state index contributed by atoms with van der Waals surface area (Å²) in [5.74, 6) is 3.67. The molecule has 2 N–H and O–H groups in total. The van der Waals surface area contributed by atoms with E-state index in [0.29, 0.717) is 29.7 Å². The molecule has 0 aromatic heterocycles. The SMILES string of the molecule is CC(C)C(NC(=O)c1ccc2c(c1)[C@@H]1[C@H]3CC[C@@H](C3)[C@@H]1[C@H](c1ccccc1)N2)C(C)C. The first-order valence-corrected chi connectivity index (χ1v) is 12.2. The summed E-state index contributed by atoms with van der Waals surface area (Å²) in [6, 6.07) is 17.9. The molecule has 2 aromatic carbocycles. The average Bonchev–Trinajstić information content (AvgIpc) is 3.39. The Kier molecular flexibility index (Phi) is 5.32. The second-order valence-corrected chi connectivity index (χ2v) is 10.8. The van der Waals surface area contributed by atoms with Crippen LogP contribution in [0.3, 0.4) is 0 Å². The van der Waals surface area contributed by atoms with E-state index in [4.69, 9.17) is 0 Å². The molecule has 1 amide bonds. The Hall–Kier alpha value is -2.29. The van der Waals surface area contributed by atoms with Crippen LogP contribution in [0.1, 0.15) is 80.4 Å². The molecule has 1 heterocycles. The predicted molar refractivity (Wildman–Crippen MR) is 127 cm³/mol. The molecule has 2 aromatic rings. The Morgan fingerprint density at radius 2 is 1.68 bits per heavy atom. The third-order valence-electron chi connectivity index (χ3n) is 8.24. The molecule has 3 aliphatic rings. The Morgan fingerprint density at radius 3 is 2.39 bits per heavy atom. The molecule has 0 unspecified atom stereocenters. The van der Waals surface area contributed by atoms with Gasteiger partial charge in [0, 0.05) is 17.3 Å². The van der Waals surface area contributed by atoms with Crippen molar-refractivity contribution >= 4 is 11.6 Å². The van der Waals surface area contributed by atoms with Gasteiger partial charge in [-0.2, -0.15) is 0 Å². The molecule has 2 saturated carbocycles. The summed E-state index contributed by atoms with van der Waals surface area (Å²) in [5, 5.41) is 7.19. The van der Waals surface area contributed by atoms with Crippen molar-refractivity contribution in [2.75, 3.05) is 5.32 Å². The van der Waals surface area contributed by atoms with Crippen molar-refractivity contribution in [3.8, 4) is 0 Å². The van der Waals surface area contributed by atoms with Crippen LogP contribution < -0.4 is 10.6 Å². The van der Waals surface area contributed by atoms with E-state index in [0.717, 1.165) is 17.4 Å². The lowest BCUT2D eigenvalue weighted by atomic mass is 9.68. The van der Waals surface area contributed by atoms with Gasteiger partial charge in [-0.1, -0.05) is 58.0 Å². The first kappa shape index (κ1) is 20.6. The van der Waals surface area contributed by atoms with Crippen molar-refractivity contribution in [1.82, 2.24) is 5.32 Å². The minimum atomic E-state index is 0.0695. The number of hydrogen-bond donors (Lipinski definition) is 2. The van der Waals surface area contributed by atoms with Gasteiger partial charge in [-0.3, -0.25) is 4.79 Å². The van der Waals surface area contributed by atoms with Gasteiger partial charge in [0.25, 0.3) is 5.91 Å². The molecule has 164 valence electrons. The quantitative estimate of drug-likeness (QED) is 0.593. The monoisotopic (exact) mass is 416 g/mol. The molecule has 5 rings (SSSR count). The molecule has 2 bridgehead atoms. The van der Waals surface area contributed by atoms with Gasteiger partial charge in [-0.25, -0.2) is 0 Å². The van der Waals surface area contributed by atoms with Crippen molar-refractivity contribution in [3.05, 3.63) is 65.2 Å². The number of hydrogen-bond acceptors (Lipinski definition) is 2. The number of carbonyl (C=O) groups excluding carboxylic acids is 1. The summed E-state index contributed by atoms with van der Waals surface area (Å²) in [7, 11) is 0. The number of amides is 1. The smallest absolute Gasteiger partial charge is 0.251 e. The van der Waals surface area contributed by atoms with Gasteiger partial charge in [-0.15, -0.1) is 0 Å². The first-order valence-electron chi connectivity index (χ1n) is 12.2. The number of rotatable bonds is 5. The molecule has 2 aliphatic carbocycles. The molecule has 0 radical (unpaired) electrons. The fourth-order valence-electron chi connectivity index (χ4n) is 6.96. The highest BCUT2D eigenvalue weighted by Gasteiger charge is 2.53. The van der Waals surface area contributed by atoms with Crippen LogP contribution >= 0.6 is 0 Å². The van der Waals surface area contributed by atoms with Gasteiger partial charge in [0.1, 0.15) is 0 Å². The van der Waals surface area contributed by atoms with Crippen molar-refractivity contribution in [2.45, 2.75) is 65.0 Å². The molecular formula is C28H36N2O. The number of benzene rings is 2. The van der Waals surface area contributed by atoms with Crippen LogP contribution in [0.5, 0.6) is 0 Å². The summed E-state index contributed by atoms with van der Waals surface area (Å²) in [4.78, 5) is 13.2. The van der Waals surface area contributed by atoms with Crippen LogP contribution in [0.4, 0.5) is 5.69 Å². The summed E-state index contributed by atoms with van der Waals surface area (Å²) < 4.78 is 0. The number of nitrogens with one attached hydrogen (secondary N) is 2. The molecule has 31 heavy (non-hydrogen) atoms. The lowest BCUT2D eigenvalue weighted by Crippen LogP contribution is -2.42. The van der Waals surface area contributed by atoms with Crippen LogP contribution in [-0.2, 0) is 0 Å². The van der Waals surface area contributed by atoms with Crippen LogP contribution in [0.15, 0.2) is 48.5 Å². The summed E-state index contributed by atoms with van der Waals surface area (Å²) >= 11 is 0. The van der Waals surface area contributed by atoms with Crippen molar-refractivity contribution in [1.29, 1.82) is 0 Å². The van der Waals surface area contributed by atoms with Gasteiger partial charge in [0.05, 0.1) is 6.04 Å². The topological polar surface area (TPSA) is 41.1 Å². The molecular weight excluding hydrogens is 380 g/mol. The Bertz CT molecular complexity index is 943. The fraction of sp³-hybridized carbons (Fsp3) is 0.536. The fourth-order valence-corrected chi connectivity index (χ4v) is 6.96. The number of fused-ring (bicyclic) bond motifs is 7. The molecule has 3 nitrogen and oxygen atoms in total. The van der Waals surface area contributed by atoms with E-state index in [9.17, 15) is 4.79 Å². The second kappa shape index (κ2) is 8.00. The number of carbonyl (C=O) groups is 1. The van der Waals surface area contributed by atoms with Gasteiger partial charge < -0.3 is 10.6 Å². The highest BCUT2D eigenvalue weighted by Crippen LogP contribution is 2.63. The van der Waals surface area contributed by atoms with E-state index in [1.54, 1.807) is 0 Å². The standard InChI is InChI=1S/C28H36N2O/c1-16(2)26(17(3)4)30-28(31)21-12-13-23-22(15-21)24-19-10-11-20(14-19)25(24)27(29-23)18-8-6-5-7-9-18/h5-9,12-13,15-17,19-20,24-27,29H,10-11,14H2,1-4H3,(H,30,31)/t19-,20-,24-,25-,27-/m0/s1. The Morgan fingerprint density at radius 1 is 0.968 bits per heavy atom. The molecule has 1 aliphatic heterocycles. The Labute approximate surface area is 187 Å². The van der Waals surface area contributed by atoms with E-state index >= 15 is 0 Å². The molecule has 2 fully saturated rings. The zero-order valence-electron chi connectivity index (χ0n) is 19.3. The maximum Gasteiger partial charge on any atom is 0.251 e. The van der Waals surface area contributed by atoms with Gasteiger partial charge in [0.2, 0.25) is 0 Å². The largest absolute Gasteiger partial charge is 0.378 e. The van der Waals surface area contributed by atoms with Crippen LogP contribution in [0.2, 0.25) is 0 Å².